The van der Waals surface area contributed by atoms with Crippen LogP contribution in [0.15, 0.2) is 24.3 Å². The minimum absolute atomic E-state index is 0.111. The highest BCUT2D eigenvalue weighted by Crippen LogP contribution is 2.28. The lowest BCUT2D eigenvalue weighted by atomic mass is 10.0. The van der Waals surface area contributed by atoms with Crippen molar-refractivity contribution in [1.29, 1.82) is 0 Å². The highest BCUT2D eigenvalue weighted by Gasteiger charge is 2.35. The van der Waals surface area contributed by atoms with Gasteiger partial charge in [0.2, 0.25) is 0 Å². The standard InChI is InChI=1S/C12H16O3/c1-3-11-9(13-7-1)5-6-10-12(15-11)4-2-8-14-10/h1-4,9-12H,5-8H2/t9-,10+,11+,12-. The van der Waals surface area contributed by atoms with Gasteiger partial charge in [-0.2, -0.15) is 0 Å². The zero-order valence-corrected chi connectivity index (χ0v) is 8.67. The molecule has 15 heavy (non-hydrogen) atoms. The minimum atomic E-state index is 0.111. The highest BCUT2D eigenvalue weighted by molar-refractivity contribution is 5.05. The normalized spacial score (nSPS) is 44.3. The van der Waals surface area contributed by atoms with Gasteiger partial charge in [0.15, 0.2) is 0 Å². The Hall–Kier alpha value is -0.640. The van der Waals surface area contributed by atoms with E-state index >= 15 is 0 Å². The third-order valence-electron chi connectivity index (χ3n) is 3.25. The van der Waals surface area contributed by atoms with E-state index in [1.807, 2.05) is 12.2 Å². The molecular formula is C12H16O3. The third kappa shape index (κ3) is 1.87. The molecule has 0 aromatic heterocycles. The van der Waals surface area contributed by atoms with Crippen LogP contribution in [0.4, 0.5) is 0 Å². The second-order valence-electron chi connectivity index (χ2n) is 4.24. The average molecular weight is 208 g/mol. The van der Waals surface area contributed by atoms with Gasteiger partial charge in [0.05, 0.1) is 25.4 Å². The number of hydrogen-bond acceptors (Lipinski definition) is 3. The summed E-state index contributed by atoms with van der Waals surface area (Å²) in [4.78, 5) is 0. The van der Waals surface area contributed by atoms with Gasteiger partial charge >= 0.3 is 0 Å². The van der Waals surface area contributed by atoms with E-state index in [1.165, 1.54) is 0 Å². The zero-order chi connectivity index (χ0) is 10.1. The van der Waals surface area contributed by atoms with Crippen molar-refractivity contribution in [3.05, 3.63) is 24.3 Å². The lowest BCUT2D eigenvalue weighted by Crippen LogP contribution is -2.36. The van der Waals surface area contributed by atoms with E-state index in [9.17, 15) is 0 Å². The summed E-state index contributed by atoms with van der Waals surface area (Å²) in [5, 5.41) is 0. The van der Waals surface area contributed by atoms with E-state index in [0.29, 0.717) is 0 Å². The molecule has 0 unspecified atom stereocenters. The van der Waals surface area contributed by atoms with Crippen molar-refractivity contribution in [1.82, 2.24) is 0 Å². The first kappa shape index (κ1) is 9.58. The van der Waals surface area contributed by atoms with Gasteiger partial charge in [-0.25, -0.2) is 0 Å². The van der Waals surface area contributed by atoms with Crippen LogP contribution < -0.4 is 0 Å². The molecule has 4 atom stereocenters. The topological polar surface area (TPSA) is 27.7 Å². The van der Waals surface area contributed by atoms with E-state index in [1.54, 1.807) is 0 Å². The minimum Gasteiger partial charge on any atom is -0.371 e. The summed E-state index contributed by atoms with van der Waals surface area (Å²) in [5.74, 6) is 0. The molecule has 0 aliphatic carbocycles. The van der Waals surface area contributed by atoms with Crippen molar-refractivity contribution in [2.24, 2.45) is 0 Å². The molecule has 0 bridgehead atoms. The summed E-state index contributed by atoms with van der Waals surface area (Å²) >= 11 is 0. The van der Waals surface area contributed by atoms with Crippen molar-refractivity contribution in [2.45, 2.75) is 37.3 Å². The predicted molar refractivity (Wildman–Crippen MR) is 55.7 cm³/mol. The summed E-state index contributed by atoms with van der Waals surface area (Å²) in [7, 11) is 0. The molecule has 3 aliphatic heterocycles. The summed E-state index contributed by atoms with van der Waals surface area (Å²) in [6.45, 7) is 1.44. The molecule has 0 spiro atoms. The first-order chi connectivity index (χ1) is 7.43. The Morgan fingerprint density at radius 2 is 1.33 bits per heavy atom. The Kier molecular flexibility index (Phi) is 2.61. The summed E-state index contributed by atoms with van der Waals surface area (Å²) in [5.41, 5.74) is 0. The number of hydrogen-bond donors (Lipinski definition) is 0. The van der Waals surface area contributed by atoms with Crippen LogP contribution in [-0.2, 0) is 14.2 Å². The monoisotopic (exact) mass is 208 g/mol. The van der Waals surface area contributed by atoms with Crippen LogP contribution >= 0.6 is 0 Å². The van der Waals surface area contributed by atoms with Gasteiger partial charge < -0.3 is 14.2 Å². The molecule has 0 N–H and O–H groups in total. The first-order valence-electron chi connectivity index (χ1n) is 5.65. The maximum atomic E-state index is 6.00. The molecule has 3 heteroatoms. The molecule has 3 rings (SSSR count). The lowest BCUT2D eigenvalue weighted by Gasteiger charge is -2.29. The lowest BCUT2D eigenvalue weighted by molar-refractivity contribution is -0.0905. The molecule has 0 saturated carbocycles. The summed E-state index contributed by atoms with van der Waals surface area (Å²) in [6.07, 6.45) is 11.0. The smallest absolute Gasteiger partial charge is 0.103 e. The molecule has 0 aromatic carbocycles. The van der Waals surface area contributed by atoms with E-state index in [2.05, 4.69) is 12.2 Å². The van der Waals surface area contributed by atoms with Crippen LogP contribution in [0.1, 0.15) is 12.8 Å². The van der Waals surface area contributed by atoms with E-state index in [-0.39, 0.29) is 24.4 Å². The van der Waals surface area contributed by atoms with Crippen molar-refractivity contribution in [2.75, 3.05) is 13.2 Å². The third-order valence-corrected chi connectivity index (χ3v) is 3.25. The number of fused-ring (bicyclic) bond motifs is 2. The van der Waals surface area contributed by atoms with Crippen molar-refractivity contribution in [3.8, 4) is 0 Å². The van der Waals surface area contributed by atoms with Gasteiger partial charge in [-0.3, -0.25) is 0 Å². The Morgan fingerprint density at radius 3 is 1.87 bits per heavy atom. The molecule has 0 aromatic rings. The van der Waals surface area contributed by atoms with Gasteiger partial charge in [-0.15, -0.1) is 0 Å². The van der Waals surface area contributed by atoms with Crippen molar-refractivity contribution < 1.29 is 14.2 Å². The molecule has 0 amide bonds. The summed E-state index contributed by atoms with van der Waals surface area (Å²) in [6, 6.07) is 0. The molecule has 3 heterocycles. The van der Waals surface area contributed by atoms with Crippen LogP contribution in [-0.4, -0.2) is 37.6 Å². The van der Waals surface area contributed by atoms with Crippen molar-refractivity contribution in [3.63, 3.8) is 0 Å². The number of rotatable bonds is 0. The van der Waals surface area contributed by atoms with Gasteiger partial charge in [0.1, 0.15) is 12.2 Å². The van der Waals surface area contributed by atoms with Gasteiger partial charge in [0, 0.05) is 0 Å². The van der Waals surface area contributed by atoms with Crippen LogP contribution in [0.3, 0.4) is 0 Å². The highest BCUT2D eigenvalue weighted by atomic mass is 16.6. The fraction of sp³-hybridized carbons (Fsp3) is 0.667. The summed E-state index contributed by atoms with van der Waals surface area (Å²) < 4.78 is 17.3. The Morgan fingerprint density at radius 1 is 0.800 bits per heavy atom. The Labute approximate surface area is 89.7 Å². The molecular weight excluding hydrogens is 192 g/mol. The van der Waals surface area contributed by atoms with E-state index in [4.69, 9.17) is 14.2 Å². The molecule has 1 saturated heterocycles. The number of ether oxygens (including phenoxy) is 3. The van der Waals surface area contributed by atoms with Gasteiger partial charge in [-0.05, 0) is 12.8 Å². The Bertz CT molecular complexity index is 257. The van der Waals surface area contributed by atoms with Crippen LogP contribution in [0.25, 0.3) is 0 Å². The van der Waals surface area contributed by atoms with E-state index < -0.39 is 0 Å². The second kappa shape index (κ2) is 4.08. The molecule has 3 nitrogen and oxygen atoms in total. The van der Waals surface area contributed by atoms with Crippen LogP contribution in [0.5, 0.6) is 0 Å². The predicted octanol–water partition coefficient (Wildman–Crippen LogP) is 1.44. The van der Waals surface area contributed by atoms with Crippen molar-refractivity contribution >= 4 is 0 Å². The molecule has 1 fully saturated rings. The second-order valence-corrected chi connectivity index (χ2v) is 4.24. The molecule has 82 valence electrons. The molecule has 3 aliphatic rings. The SMILES string of the molecule is C1=C[C@H]2O[C@H]3C=CCO[C@@H]3CC[C@@H]2OC1. The maximum Gasteiger partial charge on any atom is 0.103 e. The fourth-order valence-electron chi connectivity index (χ4n) is 2.45. The zero-order valence-electron chi connectivity index (χ0n) is 8.67. The van der Waals surface area contributed by atoms with Gasteiger partial charge in [0.25, 0.3) is 0 Å². The molecule has 0 radical (unpaired) electrons. The Balaban J connectivity index is 1.79. The first-order valence-corrected chi connectivity index (χ1v) is 5.65. The quantitative estimate of drug-likeness (QED) is 0.564. The van der Waals surface area contributed by atoms with Crippen LogP contribution in [0.2, 0.25) is 0 Å². The van der Waals surface area contributed by atoms with Gasteiger partial charge in [-0.1, -0.05) is 24.3 Å². The largest absolute Gasteiger partial charge is 0.371 e. The van der Waals surface area contributed by atoms with Crippen LogP contribution in [0, 0.1) is 0 Å². The fourth-order valence-corrected chi connectivity index (χ4v) is 2.45. The maximum absolute atomic E-state index is 6.00. The average Bonchev–Trinajstić information content (AvgIpc) is 2.48. The van der Waals surface area contributed by atoms with E-state index in [0.717, 1.165) is 26.1 Å².